The van der Waals surface area contributed by atoms with Crippen LogP contribution >= 0.6 is 15.9 Å². The highest BCUT2D eigenvalue weighted by Crippen LogP contribution is 2.40. The Balaban J connectivity index is 2.15. The van der Waals surface area contributed by atoms with Crippen LogP contribution in [-0.4, -0.2) is 6.54 Å². The molecule has 1 aromatic rings. The largest absolute Gasteiger partial charge is 0.310 e. The van der Waals surface area contributed by atoms with Gasteiger partial charge in [0.05, 0.1) is 4.47 Å². The van der Waals surface area contributed by atoms with Crippen molar-refractivity contribution < 1.29 is 4.39 Å². The molecule has 2 rings (SSSR count). The Morgan fingerprint density at radius 2 is 1.81 bits per heavy atom. The maximum Gasteiger partial charge on any atom is 0.142 e. The van der Waals surface area contributed by atoms with Gasteiger partial charge >= 0.3 is 0 Å². The lowest BCUT2D eigenvalue weighted by molar-refractivity contribution is 0.188. The van der Waals surface area contributed by atoms with Crippen LogP contribution in [0.25, 0.3) is 0 Å². The van der Waals surface area contributed by atoms with E-state index in [9.17, 15) is 4.39 Å². The van der Waals surface area contributed by atoms with Crippen LogP contribution in [0.2, 0.25) is 0 Å². The molecular weight excluding hydrogens is 329 g/mol. The molecule has 1 fully saturated rings. The van der Waals surface area contributed by atoms with Gasteiger partial charge in [-0.1, -0.05) is 32.9 Å². The summed E-state index contributed by atoms with van der Waals surface area (Å²) in [5, 5.41) is 3.52. The fraction of sp³-hybridized carbons (Fsp3) is 0.667. The third kappa shape index (κ3) is 4.07. The highest BCUT2D eigenvalue weighted by atomic mass is 79.9. The highest BCUT2D eigenvalue weighted by Gasteiger charge is 2.30. The van der Waals surface area contributed by atoms with Gasteiger partial charge in [0, 0.05) is 11.6 Å². The van der Waals surface area contributed by atoms with Gasteiger partial charge < -0.3 is 5.32 Å². The molecule has 0 amide bonds. The summed E-state index contributed by atoms with van der Waals surface area (Å²) in [4.78, 5) is 0. The Kier molecular flexibility index (Phi) is 6.24. The van der Waals surface area contributed by atoms with Crippen LogP contribution in [0.3, 0.4) is 0 Å². The van der Waals surface area contributed by atoms with Crippen LogP contribution in [0.5, 0.6) is 0 Å². The maximum absolute atomic E-state index is 14.4. The minimum absolute atomic E-state index is 0.102. The Labute approximate surface area is 136 Å². The third-order valence-corrected chi connectivity index (χ3v) is 5.58. The first-order chi connectivity index (χ1) is 10.0. The summed E-state index contributed by atoms with van der Waals surface area (Å²) in [5.41, 5.74) is 0.819. The summed E-state index contributed by atoms with van der Waals surface area (Å²) in [6.45, 7) is 7.62. The molecule has 0 spiro atoms. The summed E-state index contributed by atoms with van der Waals surface area (Å²) < 4.78 is 15.0. The lowest BCUT2D eigenvalue weighted by atomic mass is 9.73. The fourth-order valence-electron chi connectivity index (χ4n) is 3.66. The average molecular weight is 356 g/mol. The van der Waals surface area contributed by atoms with Crippen LogP contribution in [-0.2, 0) is 0 Å². The van der Waals surface area contributed by atoms with E-state index in [0.29, 0.717) is 10.4 Å². The summed E-state index contributed by atoms with van der Waals surface area (Å²) in [5.74, 6) is 2.06. The zero-order chi connectivity index (χ0) is 15.4. The molecule has 118 valence electrons. The van der Waals surface area contributed by atoms with Crippen LogP contribution in [0.1, 0.15) is 58.1 Å². The lowest BCUT2D eigenvalue weighted by Crippen LogP contribution is -2.32. The van der Waals surface area contributed by atoms with E-state index in [-0.39, 0.29) is 11.9 Å². The van der Waals surface area contributed by atoms with E-state index in [1.54, 1.807) is 6.07 Å². The molecule has 21 heavy (non-hydrogen) atoms. The van der Waals surface area contributed by atoms with Crippen molar-refractivity contribution in [2.75, 3.05) is 6.54 Å². The monoisotopic (exact) mass is 355 g/mol. The minimum atomic E-state index is -0.102. The molecular formula is C18H27BrFN. The summed E-state index contributed by atoms with van der Waals surface area (Å²) >= 11 is 3.32. The molecule has 1 nitrogen and oxygen atoms in total. The molecule has 0 radical (unpaired) electrons. The maximum atomic E-state index is 14.4. The number of hydrogen-bond acceptors (Lipinski definition) is 1. The number of nitrogens with one attached hydrogen (secondary N) is 1. The van der Waals surface area contributed by atoms with Gasteiger partial charge in [-0.3, -0.25) is 0 Å². The Morgan fingerprint density at radius 3 is 2.38 bits per heavy atom. The molecule has 1 aliphatic carbocycles. The van der Waals surface area contributed by atoms with Gasteiger partial charge in [0.25, 0.3) is 0 Å². The van der Waals surface area contributed by atoms with Gasteiger partial charge in [-0.05, 0) is 72.0 Å². The fourth-order valence-corrected chi connectivity index (χ4v) is 4.04. The zero-order valence-corrected chi connectivity index (χ0v) is 14.9. The van der Waals surface area contributed by atoms with Crippen LogP contribution in [0.4, 0.5) is 4.39 Å². The van der Waals surface area contributed by atoms with Crippen molar-refractivity contribution in [1.29, 1.82) is 0 Å². The predicted octanol–water partition coefficient (Wildman–Crippen LogP) is 5.70. The Hall–Kier alpha value is -0.410. The van der Waals surface area contributed by atoms with E-state index >= 15 is 0 Å². The first-order valence-corrected chi connectivity index (χ1v) is 9.01. The van der Waals surface area contributed by atoms with Crippen molar-refractivity contribution in [3.63, 3.8) is 0 Å². The van der Waals surface area contributed by atoms with E-state index in [0.717, 1.165) is 23.9 Å². The molecule has 0 bridgehead atoms. The number of hydrogen-bond donors (Lipinski definition) is 1. The lowest BCUT2D eigenvalue weighted by Gasteiger charge is -2.36. The second kappa shape index (κ2) is 7.73. The minimum Gasteiger partial charge on any atom is -0.310 e. The molecule has 0 aliphatic heterocycles. The van der Waals surface area contributed by atoms with Crippen molar-refractivity contribution in [2.45, 2.75) is 52.5 Å². The molecule has 0 saturated heterocycles. The Morgan fingerprint density at radius 1 is 1.19 bits per heavy atom. The van der Waals surface area contributed by atoms with Crippen LogP contribution < -0.4 is 5.32 Å². The molecule has 1 aliphatic rings. The average Bonchev–Trinajstić information content (AvgIpc) is 2.48. The highest BCUT2D eigenvalue weighted by molar-refractivity contribution is 9.10. The van der Waals surface area contributed by atoms with Gasteiger partial charge in [-0.15, -0.1) is 0 Å². The molecule has 0 aromatic heterocycles. The first-order valence-electron chi connectivity index (χ1n) is 8.21. The Bertz CT molecular complexity index is 453. The molecule has 3 heteroatoms. The predicted molar refractivity (Wildman–Crippen MR) is 90.8 cm³/mol. The van der Waals surface area contributed by atoms with Gasteiger partial charge in [-0.2, -0.15) is 0 Å². The topological polar surface area (TPSA) is 12.0 Å². The van der Waals surface area contributed by atoms with Crippen LogP contribution in [0, 0.1) is 23.6 Å². The normalized spacial score (nSPS) is 24.3. The summed E-state index contributed by atoms with van der Waals surface area (Å²) in [6.07, 6.45) is 4.96. The SMILES string of the molecule is CCNC(c1cccc(Br)c1F)C1CCC(C(C)C)CC1. The van der Waals surface area contributed by atoms with Gasteiger partial charge in [0.2, 0.25) is 0 Å². The molecule has 1 N–H and O–H groups in total. The van der Waals surface area contributed by atoms with E-state index in [4.69, 9.17) is 0 Å². The van der Waals surface area contributed by atoms with E-state index in [1.807, 2.05) is 12.1 Å². The number of halogens is 2. The van der Waals surface area contributed by atoms with Crippen molar-refractivity contribution in [1.82, 2.24) is 5.32 Å². The zero-order valence-electron chi connectivity index (χ0n) is 13.3. The van der Waals surface area contributed by atoms with Gasteiger partial charge in [0.1, 0.15) is 5.82 Å². The van der Waals surface area contributed by atoms with E-state index in [2.05, 4.69) is 42.0 Å². The third-order valence-electron chi connectivity index (χ3n) is 4.97. The standard InChI is InChI=1S/C18H27BrFN/c1-4-21-18(15-6-5-7-16(19)17(15)20)14-10-8-13(9-11-14)12(2)3/h5-7,12-14,18,21H,4,8-11H2,1-3H3. The molecule has 1 atom stereocenters. The smallest absolute Gasteiger partial charge is 0.142 e. The number of rotatable bonds is 5. The molecule has 0 heterocycles. The van der Waals surface area contributed by atoms with Crippen molar-refractivity contribution >= 4 is 15.9 Å². The van der Waals surface area contributed by atoms with E-state index < -0.39 is 0 Å². The van der Waals surface area contributed by atoms with Crippen LogP contribution in [0.15, 0.2) is 22.7 Å². The summed E-state index contributed by atoms with van der Waals surface area (Å²) in [7, 11) is 0. The second-order valence-corrected chi connectivity index (χ2v) is 7.45. The molecule has 1 unspecified atom stereocenters. The van der Waals surface area contributed by atoms with Gasteiger partial charge in [0.15, 0.2) is 0 Å². The van der Waals surface area contributed by atoms with Crippen molar-refractivity contribution in [3.8, 4) is 0 Å². The number of benzene rings is 1. The van der Waals surface area contributed by atoms with Crippen molar-refractivity contribution in [3.05, 3.63) is 34.1 Å². The first kappa shape index (κ1) is 17.0. The van der Waals surface area contributed by atoms with E-state index in [1.165, 1.54) is 25.7 Å². The molecule has 1 saturated carbocycles. The second-order valence-electron chi connectivity index (χ2n) is 6.60. The quantitative estimate of drug-likeness (QED) is 0.713. The van der Waals surface area contributed by atoms with Gasteiger partial charge in [-0.25, -0.2) is 4.39 Å². The molecule has 1 aromatic carbocycles. The van der Waals surface area contributed by atoms with Crippen molar-refractivity contribution in [2.24, 2.45) is 17.8 Å². The summed E-state index contributed by atoms with van der Waals surface area (Å²) in [6, 6.07) is 5.78.